The fourth-order valence-electron chi connectivity index (χ4n) is 2.42. The molecule has 31 heavy (non-hydrogen) atoms. The summed E-state index contributed by atoms with van der Waals surface area (Å²) in [6, 6.07) is -5.11. The van der Waals surface area contributed by atoms with Gasteiger partial charge in [0, 0.05) is 12.2 Å². The Hall–Kier alpha value is -2.38. The van der Waals surface area contributed by atoms with Crippen LogP contribution in [0.25, 0.3) is 0 Å². The molecule has 6 atom stereocenters. The molecule has 0 saturated heterocycles. The Morgan fingerprint density at radius 1 is 0.935 bits per heavy atom. The molecule has 12 nitrogen and oxygen atoms in total. The molecule has 0 aromatic heterocycles. The van der Waals surface area contributed by atoms with Crippen LogP contribution in [0.1, 0.15) is 40.0 Å². The van der Waals surface area contributed by atoms with E-state index in [1.165, 1.54) is 6.92 Å². The van der Waals surface area contributed by atoms with E-state index >= 15 is 0 Å². The largest absolute Gasteiger partial charge is 0.481 e. The van der Waals surface area contributed by atoms with Gasteiger partial charge in [-0.3, -0.25) is 19.2 Å². The van der Waals surface area contributed by atoms with E-state index < -0.39 is 66.4 Å². The average Bonchev–Trinajstić information content (AvgIpc) is 2.70. The summed E-state index contributed by atoms with van der Waals surface area (Å²) in [4.78, 5) is 59.1. The summed E-state index contributed by atoms with van der Waals surface area (Å²) in [7, 11) is 0. The minimum atomic E-state index is -1.55. The van der Waals surface area contributed by atoms with E-state index in [0.29, 0.717) is 6.42 Å². The first-order chi connectivity index (χ1) is 14.3. The first-order valence-corrected chi connectivity index (χ1v) is 10.4. The second-order valence-electron chi connectivity index (χ2n) is 7.21. The number of thiol groups is 1. The van der Waals surface area contributed by atoms with Gasteiger partial charge in [0.05, 0.1) is 12.1 Å². The lowest BCUT2D eigenvalue weighted by Crippen LogP contribution is -2.60. The third kappa shape index (κ3) is 9.98. The second kappa shape index (κ2) is 13.8. The Balaban J connectivity index is 5.21. The number of amides is 3. The van der Waals surface area contributed by atoms with Crippen molar-refractivity contribution < 1.29 is 39.3 Å². The topological polar surface area (TPSA) is 208 Å². The smallest absolute Gasteiger partial charge is 0.326 e. The highest BCUT2D eigenvalue weighted by Crippen LogP contribution is 2.06. The molecule has 0 radical (unpaired) electrons. The number of aliphatic hydroxyl groups excluding tert-OH is 1. The number of rotatable bonds is 14. The lowest BCUT2D eigenvalue weighted by Gasteiger charge is -2.26. The van der Waals surface area contributed by atoms with E-state index in [2.05, 4.69) is 28.6 Å². The number of nitrogens with two attached hydrogens (primary N) is 1. The van der Waals surface area contributed by atoms with Gasteiger partial charge in [-0.2, -0.15) is 12.6 Å². The van der Waals surface area contributed by atoms with Crippen molar-refractivity contribution in [1.82, 2.24) is 16.0 Å². The summed E-state index contributed by atoms with van der Waals surface area (Å²) in [5.41, 5.74) is 5.83. The van der Waals surface area contributed by atoms with Gasteiger partial charge in [0.15, 0.2) is 0 Å². The Morgan fingerprint density at radius 2 is 1.48 bits per heavy atom. The zero-order valence-electron chi connectivity index (χ0n) is 17.7. The minimum absolute atomic E-state index is 0.130. The first-order valence-electron chi connectivity index (χ1n) is 9.75. The molecule has 0 heterocycles. The van der Waals surface area contributed by atoms with Gasteiger partial charge in [0.2, 0.25) is 17.7 Å². The van der Waals surface area contributed by atoms with Crippen molar-refractivity contribution >= 4 is 42.3 Å². The van der Waals surface area contributed by atoms with Gasteiger partial charge in [-0.15, -0.1) is 0 Å². The number of aliphatic carboxylic acids is 2. The van der Waals surface area contributed by atoms with E-state index in [9.17, 15) is 29.1 Å². The van der Waals surface area contributed by atoms with E-state index in [4.69, 9.17) is 15.9 Å². The molecule has 0 bridgehead atoms. The molecule has 0 saturated carbocycles. The van der Waals surface area contributed by atoms with E-state index in [0.717, 1.165) is 0 Å². The van der Waals surface area contributed by atoms with Crippen LogP contribution in [0.5, 0.6) is 0 Å². The third-order valence-electron chi connectivity index (χ3n) is 4.70. The zero-order chi connectivity index (χ0) is 24.3. The number of carbonyl (C=O) groups is 5. The molecule has 0 aliphatic rings. The van der Waals surface area contributed by atoms with Crippen LogP contribution in [0.2, 0.25) is 0 Å². The number of hydrogen-bond acceptors (Lipinski definition) is 8. The van der Waals surface area contributed by atoms with Gasteiger partial charge in [-0.05, 0) is 19.3 Å². The molecule has 0 fully saturated rings. The Kier molecular flexibility index (Phi) is 12.8. The predicted octanol–water partition coefficient (Wildman–Crippen LogP) is -1.93. The number of hydrogen-bond donors (Lipinski definition) is 8. The molecule has 0 rings (SSSR count). The molecule has 0 aliphatic carbocycles. The Labute approximate surface area is 185 Å². The minimum Gasteiger partial charge on any atom is -0.481 e. The molecular formula is C18H32N4O8S. The maximum atomic E-state index is 12.5. The monoisotopic (exact) mass is 464 g/mol. The molecule has 178 valence electrons. The van der Waals surface area contributed by atoms with Crippen molar-refractivity contribution in [3.63, 3.8) is 0 Å². The van der Waals surface area contributed by atoms with Crippen molar-refractivity contribution in [2.24, 2.45) is 11.7 Å². The number of carboxylic acids is 2. The van der Waals surface area contributed by atoms with Crippen molar-refractivity contribution in [3.8, 4) is 0 Å². The third-order valence-corrected chi connectivity index (χ3v) is 5.06. The van der Waals surface area contributed by atoms with Gasteiger partial charge < -0.3 is 37.0 Å². The van der Waals surface area contributed by atoms with Gasteiger partial charge in [-0.1, -0.05) is 20.3 Å². The van der Waals surface area contributed by atoms with Crippen LogP contribution in [0.15, 0.2) is 0 Å². The van der Waals surface area contributed by atoms with Gasteiger partial charge in [0.1, 0.15) is 18.1 Å². The SMILES string of the molecule is CCC(C)C(N)C(=O)NC(CS)C(=O)NC(C(=O)NC(CCC(=O)O)C(=O)O)C(C)O. The summed E-state index contributed by atoms with van der Waals surface area (Å²) >= 11 is 4.02. The van der Waals surface area contributed by atoms with Crippen molar-refractivity contribution in [2.45, 2.75) is 70.3 Å². The van der Waals surface area contributed by atoms with Crippen LogP contribution in [0.4, 0.5) is 0 Å². The lowest BCUT2D eigenvalue weighted by atomic mass is 9.99. The summed E-state index contributed by atoms with van der Waals surface area (Å²) in [6.45, 7) is 4.83. The summed E-state index contributed by atoms with van der Waals surface area (Å²) in [5.74, 6) is -5.43. The van der Waals surface area contributed by atoms with E-state index in [1.54, 1.807) is 6.92 Å². The van der Waals surface area contributed by atoms with Crippen LogP contribution < -0.4 is 21.7 Å². The highest BCUT2D eigenvalue weighted by Gasteiger charge is 2.32. The molecular weight excluding hydrogens is 432 g/mol. The molecule has 0 aliphatic heterocycles. The number of carboxylic acid groups (broad SMARTS) is 2. The molecule has 6 unspecified atom stereocenters. The maximum Gasteiger partial charge on any atom is 0.326 e. The van der Waals surface area contributed by atoms with Crippen molar-refractivity contribution in [1.29, 1.82) is 0 Å². The normalized spacial score (nSPS) is 16.7. The molecule has 0 spiro atoms. The van der Waals surface area contributed by atoms with Gasteiger partial charge in [-0.25, -0.2) is 4.79 Å². The predicted molar refractivity (Wildman–Crippen MR) is 113 cm³/mol. The molecule has 8 N–H and O–H groups in total. The average molecular weight is 465 g/mol. The summed E-state index contributed by atoms with van der Waals surface area (Å²) in [5, 5.41) is 34.5. The summed E-state index contributed by atoms with van der Waals surface area (Å²) in [6.07, 6.45) is -1.67. The van der Waals surface area contributed by atoms with Gasteiger partial charge in [0.25, 0.3) is 0 Å². The van der Waals surface area contributed by atoms with E-state index in [-0.39, 0.29) is 18.1 Å². The molecule has 0 aromatic carbocycles. The standard InChI is InChI=1S/C18H32N4O8S/c1-4-8(2)13(19)16(27)21-11(7-31)15(26)22-14(9(3)23)17(28)20-10(18(29)30)5-6-12(24)25/h8-11,13-14,23,31H,4-7,19H2,1-3H3,(H,20,28)(H,21,27)(H,22,26)(H,24,25)(H,29,30). The molecule has 0 aromatic rings. The summed E-state index contributed by atoms with van der Waals surface area (Å²) < 4.78 is 0. The van der Waals surface area contributed by atoms with Crippen molar-refractivity contribution in [3.05, 3.63) is 0 Å². The van der Waals surface area contributed by atoms with Crippen LogP contribution in [0, 0.1) is 5.92 Å². The molecule has 13 heteroatoms. The highest BCUT2D eigenvalue weighted by molar-refractivity contribution is 7.80. The number of carbonyl (C=O) groups excluding carboxylic acids is 3. The fraction of sp³-hybridized carbons (Fsp3) is 0.722. The first kappa shape index (κ1) is 28.6. The van der Waals surface area contributed by atoms with Crippen LogP contribution >= 0.6 is 12.6 Å². The van der Waals surface area contributed by atoms with Crippen LogP contribution in [-0.4, -0.2) is 81.0 Å². The lowest BCUT2D eigenvalue weighted by molar-refractivity contribution is -0.144. The van der Waals surface area contributed by atoms with Crippen LogP contribution in [-0.2, 0) is 24.0 Å². The fourth-order valence-corrected chi connectivity index (χ4v) is 2.68. The zero-order valence-corrected chi connectivity index (χ0v) is 18.6. The van der Waals surface area contributed by atoms with E-state index in [1.807, 2.05) is 6.92 Å². The Morgan fingerprint density at radius 3 is 1.90 bits per heavy atom. The molecule has 3 amide bonds. The highest BCUT2D eigenvalue weighted by atomic mass is 32.1. The number of aliphatic hydroxyl groups is 1. The quantitative estimate of drug-likeness (QED) is 0.134. The van der Waals surface area contributed by atoms with Crippen LogP contribution in [0.3, 0.4) is 0 Å². The Bertz CT molecular complexity index is 660. The maximum absolute atomic E-state index is 12.5. The van der Waals surface area contributed by atoms with Gasteiger partial charge >= 0.3 is 11.9 Å². The van der Waals surface area contributed by atoms with Crippen molar-refractivity contribution in [2.75, 3.05) is 5.75 Å². The number of nitrogens with one attached hydrogen (secondary N) is 3. The second-order valence-corrected chi connectivity index (χ2v) is 7.58.